The maximum atomic E-state index is 12.8. The molecule has 4 nitrogen and oxygen atoms in total. The summed E-state index contributed by atoms with van der Waals surface area (Å²) in [5.41, 5.74) is 0. The van der Waals surface area contributed by atoms with Crippen LogP contribution in [0.1, 0.15) is 120 Å². The number of unbranched alkanes of at least 4 members (excludes halogenated alkanes) is 5. The van der Waals surface area contributed by atoms with Crippen LogP contribution in [0.3, 0.4) is 0 Å². The molecule has 0 aromatic rings. The molecule has 190 valence electrons. The summed E-state index contributed by atoms with van der Waals surface area (Å²) in [5.74, 6) is 2.22. The average molecular weight is 455 g/mol. The zero-order chi connectivity index (χ0) is 24.5. The van der Waals surface area contributed by atoms with Gasteiger partial charge in [0, 0.05) is 6.42 Å². The van der Waals surface area contributed by atoms with Gasteiger partial charge < -0.3 is 9.47 Å². The second-order valence-electron chi connectivity index (χ2n) is 11.1. The van der Waals surface area contributed by atoms with Gasteiger partial charge in [0.15, 0.2) is 0 Å². The van der Waals surface area contributed by atoms with Crippen LogP contribution in [0, 0.1) is 35.5 Å². The lowest BCUT2D eigenvalue weighted by atomic mass is 9.74. The first kappa shape index (κ1) is 30.9. The molecule has 0 aromatic carbocycles. The predicted molar refractivity (Wildman–Crippen MR) is 134 cm³/mol. The van der Waals surface area contributed by atoms with Gasteiger partial charge in [0.05, 0.1) is 19.1 Å². The Labute approximate surface area is 199 Å². The fourth-order valence-corrected chi connectivity index (χ4v) is 4.20. The largest absolute Gasteiger partial charge is 0.466 e. The third kappa shape index (κ3) is 15.7. The average Bonchev–Trinajstić information content (AvgIpc) is 2.67. The van der Waals surface area contributed by atoms with Gasteiger partial charge in [0.25, 0.3) is 0 Å². The van der Waals surface area contributed by atoms with Gasteiger partial charge >= 0.3 is 11.9 Å². The predicted octanol–water partition coefficient (Wildman–Crippen LogP) is 7.83. The molecule has 0 amide bonds. The number of rotatable bonds is 19. The van der Waals surface area contributed by atoms with E-state index in [-0.39, 0.29) is 17.9 Å². The highest BCUT2D eigenvalue weighted by molar-refractivity contribution is 5.73. The monoisotopic (exact) mass is 454 g/mol. The maximum Gasteiger partial charge on any atom is 0.309 e. The molecular formula is C28H54O4. The van der Waals surface area contributed by atoms with E-state index >= 15 is 0 Å². The lowest BCUT2D eigenvalue weighted by Crippen LogP contribution is -2.33. The zero-order valence-corrected chi connectivity index (χ0v) is 22.6. The van der Waals surface area contributed by atoms with E-state index in [0.29, 0.717) is 49.2 Å². The second-order valence-corrected chi connectivity index (χ2v) is 11.1. The highest BCUT2D eigenvalue weighted by Gasteiger charge is 2.33. The van der Waals surface area contributed by atoms with Crippen molar-refractivity contribution in [2.24, 2.45) is 35.5 Å². The Bertz CT molecular complexity index is 482. The Hall–Kier alpha value is -1.06. The van der Waals surface area contributed by atoms with E-state index in [1.807, 2.05) is 0 Å². The lowest BCUT2D eigenvalue weighted by Gasteiger charge is -2.31. The normalized spacial score (nSPS) is 13.8. The van der Waals surface area contributed by atoms with Crippen molar-refractivity contribution in [1.82, 2.24) is 0 Å². The molecule has 0 saturated heterocycles. The molecule has 0 bridgehead atoms. The van der Waals surface area contributed by atoms with Crippen LogP contribution in [-0.2, 0) is 19.1 Å². The van der Waals surface area contributed by atoms with Gasteiger partial charge in [-0.15, -0.1) is 0 Å². The van der Waals surface area contributed by atoms with E-state index in [1.54, 1.807) is 0 Å². The first-order valence-electron chi connectivity index (χ1n) is 13.4. The number of carbonyl (C=O) groups is 2. The summed E-state index contributed by atoms with van der Waals surface area (Å²) >= 11 is 0. The van der Waals surface area contributed by atoms with Crippen LogP contribution >= 0.6 is 0 Å². The summed E-state index contributed by atoms with van der Waals surface area (Å²) < 4.78 is 10.9. The van der Waals surface area contributed by atoms with Crippen molar-refractivity contribution >= 4 is 11.9 Å². The molecule has 0 aliphatic heterocycles. The molecule has 0 rings (SSSR count). The van der Waals surface area contributed by atoms with Crippen molar-refractivity contribution in [2.75, 3.05) is 13.2 Å². The molecule has 0 aromatic heterocycles. The lowest BCUT2D eigenvalue weighted by molar-refractivity contribution is -0.154. The van der Waals surface area contributed by atoms with Crippen molar-refractivity contribution < 1.29 is 19.1 Å². The van der Waals surface area contributed by atoms with Crippen LogP contribution in [0.5, 0.6) is 0 Å². The van der Waals surface area contributed by atoms with Gasteiger partial charge in [-0.2, -0.15) is 0 Å². The van der Waals surface area contributed by atoms with Gasteiger partial charge in [-0.3, -0.25) is 9.59 Å². The maximum absolute atomic E-state index is 12.8. The first-order chi connectivity index (χ1) is 15.1. The van der Waals surface area contributed by atoms with Crippen molar-refractivity contribution in [3.8, 4) is 0 Å². The quantitative estimate of drug-likeness (QED) is 0.147. The molecule has 0 heterocycles. The van der Waals surface area contributed by atoms with Crippen molar-refractivity contribution in [2.45, 2.75) is 120 Å². The second kappa shape index (κ2) is 18.4. The zero-order valence-electron chi connectivity index (χ0n) is 22.6. The van der Waals surface area contributed by atoms with Crippen molar-refractivity contribution in [3.05, 3.63) is 0 Å². The fraction of sp³-hybridized carbons (Fsp3) is 0.929. The molecule has 0 saturated carbocycles. The van der Waals surface area contributed by atoms with Crippen molar-refractivity contribution in [1.29, 1.82) is 0 Å². The molecule has 0 radical (unpaired) electrons. The molecule has 4 heteroatoms. The van der Waals surface area contributed by atoms with Crippen LogP contribution in [0.15, 0.2) is 0 Å². The molecule has 0 aliphatic rings. The third-order valence-corrected chi connectivity index (χ3v) is 6.37. The van der Waals surface area contributed by atoms with Crippen LogP contribution < -0.4 is 0 Å². The van der Waals surface area contributed by atoms with Gasteiger partial charge in [-0.25, -0.2) is 0 Å². The molecule has 0 aliphatic carbocycles. The van der Waals surface area contributed by atoms with Crippen LogP contribution in [0.4, 0.5) is 0 Å². The number of esters is 2. The summed E-state index contributed by atoms with van der Waals surface area (Å²) in [7, 11) is 0. The third-order valence-electron chi connectivity index (χ3n) is 6.37. The van der Waals surface area contributed by atoms with E-state index in [4.69, 9.17) is 9.47 Å². The molecule has 0 spiro atoms. The van der Waals surface area contributed by atoms with Crippen LogP contribution in [0.25, 0.3) is 0 Å². The molecule has 0 fully saturated rings. The number of hydrogen-bond donors (Lipinski definition) is 0. The Kier molecular flexibility index (Phi) is 17.8. The molecule has 2 atom stereocenters. The van der Waals surface area contributed by atoms with Gasteiger partial charge in [-0.1, -0.05) is 87.5 Å². The van der Waals surface area contributed by atoms with E-state index in [2.05, 4.69) is 55.4 Å². The summed E-state index contributed by atoms with van der Waals surface area (Å²) in [6, 6.07) is 0. The summed E-state index contributed by atoms with van der Waals surface area (Å²) in [6.07, 6.45) is 10.2. The molecule has 32 heavy (non-hydrogen) atoms. The minimum atomic E-state index is -0.0505. The minimum absolute atomic E-state index is 0.000342. The van der Waals surface area contributed by atoms with Gasteiger partial charge in [-0.05, 0) is 55.3 Å². The summed E-state index contributed by atoms with van der Waals surface area (Å²) in [4.78, 5) is 24.5. The summed E-state index contributed by atoms with van der Waals surface area (Å²) in [6.45, 7) is 18.5. The minimum Gasteiger partial charge on any atom is -0.466 e. The molecular weight excluding hydrogens is 400 g/mol. The number of ether oxygens (including phenoxy) is 2. The fourth-order valence-electron chi connectivity index (χ4n) is 4.20. The first-order valence-corrected chi connectivity index (χ1v) is 13.4. The van der Waals surface area contributed by atoms with Gasteiger partial charge in [0.1, 0.15) is 0 Å². The standard InChI is InChI=1S/C28H54O4/c1-21(2)17-19-31-26(29)16-14-12-10-9-11-13-15-25(23(5)6)27(24(7)8)28(30)32-20-18-22(3)4/h21-25,27H,9-20H2,1-8H3. The van der Waals surface area contributed by atoms with Crippen molar-refractivity contribution in [3.63, 3.8) is 0 Å². The number of hydrogen-bond acceptors (Lipinski definition) is 4. The Morgan fingerprint density at radius 2 is 1.09 bits per heavy atom. The Morgan fingerprint density at radius 1 is 0.594 bits per heavy atom. The van der Waals surface area contributed by atoms with Gasteiger partial charge in [0.2, 0.25) is 0 Å². The molecule has 0 N–H and O–H groups in total. The highest BCUT2D eigenvalue weighted by Crippen LogP contribution is 2.33. The van der Waals surface area contributed by atoms with E-state index in [1.165, 1.54) is 12.8 Å². The smallest absolute Gasteiger partial charge is 0.309 e. The van der Waals surface area contributed by atoms with E-state index in [0.717, 1.165) is 44.9 Å². The SMILES string of the molecule is CC(C)CCOC(=O)CCCCCCCCC(C(C)C)C(C(=O)OCCC(C)C)C(C)C. The Balaban J connectivity index is 4.17. The topological polar surface area (TPSA) is 52.6 Å². The van der Waals surface area contributed by atoms with Crippen LogP contribution in [0.2, 0.25) is 0 Å². The summed E-state index contributed by atoms with van der Waals surface area (Å²) in [5, 5.41) is 0. The number of carbonyl (C=O) groups excluding carboxylic acids is 2. The van der Waals surface area contributed by atoms with E-state index in [9.17, 15) is 9.59 Å². The highest BCUT2D eigenvalue weighted by atomic mass is 16.5. The Morgan fingerprint density at radius 3 is 1.59 bits per heavy atom. The van der Waals surface area contributed by atoms with E-state index < -0.39 is 0 Å². The molecule has 2 unspecified atom stereocenters. The van der Waals surface area contributed by atoms with Crippen LogP contribution in [-0.4, -0.2) is 25.2 Å².